The van der Waals surface area contributed by atoms with Crippen LogP contribution in [0.15, 0.2) is 17.3 Å². The van der Waals surface area contributed by atoms with Crippen molar-refractivity contribution < 1.29 is 13.2 Å². The molecule has 2 nitrogen and oxygen atoms in total. The van der Waals surface area contributed by atoms with Crippen molar-refractivity contribution >= 4 is 23.4 Å². The molecule has 0 atom stereocenters. The van der Waals surface area contributed by atoms with Crippen LogP contribution in [0.5, 0.6) is 0 Å². The predicted octanol–water partition coefficient (Wildman–Crippen LogP) is 4.77. The molecule has 0 spiro atoms. The van der Waals surface area contributed by atoms with Crippen LogP contribution in [0.4, 0.5) is 13.2 Å². The average molecular weight is 339 g/mol. The topological polar surface area (TPSA) is 24.9 Å². The molecule has 0 bridgehead atoms. The van der Waals surface area contributed by atoms with Crippen LogP contribution in [0.3, 0.4) is 0 Å². The number of nitrogens with one attached hydrogen (secondary N) is 1. The molecular weight excluding hydrogens is 321 g/mol. The van der Waals surface area contributed by atoms with Crippen molar-refractivity contribution in [1.82, 2.24) is 10.3 Å². The van der Waals surface area contributed by atoms with Crippen molar-refractivity contribution in [2.45, 2.75) is 49.3 Å². The molecule has 1 aliphatic rings. The minimum atomic E-state index is -4.40. The van der Waals surface area contributed by atoms with Crippen molar-refractivity contribution in [3.8, 4) is 0 Å². The number of thioether (sulfide) groups is 1. The highest BCUT2D eigenvalue weighted by Crippen LogP contribution is 2.33. The predicted molar refractivity (Wildman–Crippen MR) is 79.8 cm³/mol. The van der Waals surface area contributed by atoms with Gasteiger partial charge in [0.1, 0.15) is 5.03 Å². The second-order valence-electron chi connectivity index (χ2n) is 5.15. The minimum Gasteiger partial charge on any atom is -0.313 e. The van der Waals surface area contributed by atoms with E-state index in [0.717, 1.165) is 24.6 Å². The van der Waals surface area contributed by atoms with Crippen LogP contribution in [0.2, 0.25) is 5.02 Å². The van der Waals surface area contributed by atoms with Crippen molar-refractivity contribution in [2.75, 3.05) is 12.3 Å². The number of pyridine rings is 1. The Morgan fingerprint density at radius 1 is 1.29 bits per heavy atom. The van der Waals surface area contributed by atoms with E-state index < -0.39 is 11.7 Å². The first-order valence-corrected chi connectivity index (χ1v) is 8.42. The lowest BCUT2D eigenvalue weighted by Gasteiger charge is -2.22. The molecule has 1 fully saturated rings. The van der Waals surface area contributed by atoms with Gasteiger partial charge in [0.15, 0.2) is 0 Å². The summed E-state index contributed by atoms with van der Waals surface area (Å²) in [5.74, 6) is 0.745. The summed E-state index contributed by atoms with van der Waals surface area (Å²) in [7, 11) is 0. The van der Waals surface area contributed by atoms with Gasteiger partial charge in [-0.05, 0) is 18.9 Å². The van der Waals surface area contributed by atoms with Gasteiger partial charge in [0.05, 0.1) is 10.6 Å². The fraction of sp³-hybridized carbons (Fsp3) is 0.643. The van der Waals surface area contributed by atoms with Gasteiger partial charge in [-0.2, -0.15) is 13.2 Å². The second-order valence-corrected chi connectivity index (χ2v) is 6.64. The molecular formula is C14H18ClF3N2S. The standard InChI is InChI=1S/C14H18ClF3N2S/c15-12-8-10(14(16,17)18)9-20-13(12)21-7-6-19-11-4-2-1-3-5-11/h8-9,11,19H,1-7H2. The zero-order valence-corrected chi connectivity index (χ0v) is 13.1. The van der Waals surface area contributed by atoms with Crippen molar-refractivity contribution in [3.05, 3.63) is 22.8 Å². The van der Waals surface area contributed by atoms with E-state index in [9.17, 15) is 13.2 Å². The Balaban J connectivity index is 1.78. The van der Waals surface area contributed by atoms with Gasteiger partial charge >= 0.3 is 6.18 Å². The van der Waals surface area contributed by atoms with Gasteiger partial charge in [-0.15, -0.1) is 11.8 Å². The van der Waals surface area contributed by atoms with Crippen LogP contribution in [-0.2, 0) is 6.18 Å². The van der Waals surface area contributed by atoms with Gasteiger partial charge < -0.3 is 5.32 Å². The Hall–Kier alpha value is -0.460. The first-order chi connectivity index (χ1) is 9.97. The van der Waals surface area contributed by atoms with Gasteiger partial charge in [0.25, 0.3) is 0 Å². The zero-order chi connectivity index (χ0) is 15.3. The Kier molecular flexibility index (Phi) is 6.20. The van der Waals surface area contributed by atoms with E-state index in [2.05, 4.69) is 10.3 Å². The molecule has 0 amide bonds. The maximum Gasteiger partial charge on any atom is 0.417 e. The van der Waals surface area contributed by atoms with Gasteiger partial charge in [0.2, 0.25) is 0 Å². The summed E-state index contributed by atoms with van der Waals surface area (Å²) >= 11 is 7.24. The molecule has 1 aliphatic carbocycles. The van der Waals surface area contributed by atoms with Gasteiger partial charge in [-0.25, -0.2) is 4.98 Å². The first-order valence-electron chi connectivity index (χ1n) is 7.06. The molecule has 0 aliphatic heterocycles. The number of hydrogen-bond donors (Lipinski definition) is 1. The van der Waals surface area contributed by atoms with Crippen LogP contribution in [0, 0.1) is 0 Å². The number of alkyl halides is 3. The molecule has 1 aromatic rings. The Morgan fingerprint density at radius 3 is 2.62 bits per heavy atom. The molecule has 2 rings (SSSR count). The highest BCUT2D eigenvalue weighted by Gasteiger charge is 2.31. The highest BCUT2D eigenvalue weighted by molar-refractivity contribution is 7.99. The van der Waals surface area contributed by atoms with Crippen LogP contribution in [0.1, 0.15) is 37.7 Å². The highest BCUT2D eigenvalue weighted by atomic mass is 35.5. The molecule has 0 radical (unpaired) electrons. The lowest BCUT2D eigenvalue weighted by atomic mass is 9.96. The SMILES string of the molecule is FC(F)(F)c1cnc(SCCNC2CCCCC2)c(Cl)c1. The van der Waals surface area contributed by atoms with Crippen LogP contribution < -0.4 is 5.32 Å². The Morgan fingerprint density at radius 2 is 2.00 bits per heavy atom. The normalized spacial score (nSPS) is 17.1. The fourth-order valence-electron chi connectivity index (χ4n) is 2.40. The van der Waals surface area contributed by atoms with Crippen LogP contribution >= 0.6 is 23.4 Å². The van der Waals surface area contributed by atoms with E-state index in [1.165, 1.54) is 43.9 Å². The third-order valence-electron chi connectivity index (χ3n) is 3.51. The first kappa shape index (κ1) is 16.9. The second kappa shape index (κ2) is 7.70. The summed E-state index contributed by atoms with van der Waals surface area (Å²) in [6, 6.07) is 1.52. The Bertz CT molecular complexity index is 462. The maximum absolute atomic E-state index is 12.5. The summed E-state index contributed by atoms with van der Waals surface area (Å²) in [6.45, 7) is 0.814. The number of hydrogen-bond acceptors (Lipinski definition) is 3. The van der Waals surface area contributed by atoms with Crippen molar-refractivity contribution in [1.29, 1.82) is 0 Å². The van der Waals surface area contributed by atoms with Gasteiger partial charge in [0, 0.05) is 24.5 Å². The molecule has 0 unspecified atom stereocenters. The van der Waals surface area contributed by atoms with E-state index >= 15 is 0 Å². The summed E-state index contributed by atoms with van der Waals surface area (Å²) < 4.78 is 37.5. The fourth-order valence-corrected chi connectivity index (χ4v) is 3.47. The zero-order valence-electron chi connectivity index (χ0n) is 11.5. The lowest BCUT2D eigenvalue weighted by Crippen LogP contribution is -2.32. The smallest absolute Gasteiger partial charge is 0.313 e. The number of rotatable bonds is 5. The number of halogens is 4. The summed E-state index contributed by atoms with van der Waals surface area (Å²) in [6.07, 6.45) is 2.73. The lowest BCUT2D eigenvalue weighted by molar-refractivity contribution is -0.137. The molecule has 1 heterocycles. The molecule has 21 heavy (non-hydrogen) atoms. The Labute approximate surface area is 131 Å². The molecule has 1 saturated carbocycles. The maximum atomic E-state index is 12.5. The quantitative estimate of drug-likeness (QED) is 0.618. The van der Waals surface area contributed by atoms with Crippen molar-refractivity contribution in [2.24, 2.45) is 0 Å². The third kappa shape index (κ3) is 5.34. The number of nitrogens with zero attached hydrogens (tertiary/aromatic N) is 1. The number of aromatic nitrogens is 1. The summed E-state index contributed by atoms with van der Waals surface area (Å²) in [5, 5.41) is 3.99. The van der Waals surface area contributed by atoms with Gasteiger partial charge in [-0.1, -0.05) is 30.9 Å². The molecule has 1 N–H and O–H groups in total. The van der Waals surface area contributed by atoms with Crippen LogP contribution in [0.25, 0.3) is 0 Å². The summed E-state index contributed by atoms with van der Waals surface area (Å²) in [5.41, 5.74) is -0.808. The van der Waals surface area contributed by atoms with E-state index in [4.69, 9.17) is 11.6 Å². The van der Waals surface area contributed by atoms with E-state index in [-0.39, 0.29) is 5.02 Å². The average Bonchev–Trinajstić information content (AvgIpc) is 2.45. The van der Waals surface area contributed by atoms with E-state index in [1.54, 1.807) is 0 Å². The minimum absolute atomic E-state index is 0.0625. The monoisotopic (exact) mass is 338 g/mol. The van der Waals surface area contributed by atoms with E-state index in [1.807, 2.05) is 0 Å². The molecule has 1 aromatic heterocycles. The van der Waals surface area contributed by atoms with Gasteiger partial charge in [-0.3, -0.25) is 0 Å². The largest absolute Gasteiger partial charge is 0.417 e. The summed E-state index contributed by atoms with van der Waals surface area (Å²) in [4.78, 5) is 3.81. The van der Waals surface area contributed by atoms with Crippen LogP contribution in [-0.4, -0.2) is 23.3 Å². The molecule has 0 saturated heterocycles. The van der Waals surface area contributed by atoms with Crippen molar-refractivity contribution in [3.63, 3.8) is 0 Å². The third-order valence-corrected chi connectivity index (χ3v) is 4.92. The van der Waals surface area contributed by atoms with E-state index in [0.29, 0.717) is 11.1 Å². The molecule has 7 heteroatoms. The molecule has 0 aromatic carbocycles. The molecule has 118 valence electrons.